The fourth-order valence-corrected chi connectivity index (χ4v) is 3.30. The molecule has 31 heavy (non-hydrogen) atoms. The summed E-state index contributed by atoms with van der Waals surface area (Å²) in [5, 5.41) is 3.34. The Morgan fingerprint density at radius 3 is 2.77 bits per heavy atom. The lowest BCUT2D eigenvalue weighted by molar-refractivity contribution is -0.198. The van der Waals surface area contributed by atoms with Crippen LogP contribution in [-0.4, -0.2) is 59.5 Å². The van der Waals surface area contributed by atoms with Crippen molar-refractivity contribution in [3.63, 3.8) is 0 Å². The normalized spacial score (nSPS) is 21.8. The third kappa shape index (κ3) is 7.84. The molecular formula is C22H32N4O5. The summed E-state index contributed by atoms with van der Waals surface area (Å²) in [5.74, 6) is 0.361. The number of nitrogens with one attached hydrogen (secondary N) is 2. The van der Waals surface area contributed by atoms with E-state index in [9.17, 15) is 9.59 Å². The molecule has 2 N–H and O–H groups in total. The highest BCUT2D eigenvalue weighted by Crippen LogP contribution is 2.18. The van der Waals surface area contributed by atoms with Crippen LogP contribution in [0, 0.1) is 0 Å². The number of hydrogen-bond acceptors (Lipinski definition) is 7. The fraction of sp³-hybridized carbons (Fsp3) is 0.591. The van der Waals surface area contributed by atoms with Gasteiger partial charge in [0.05, 0.1) is 0 Å². The number of likely N-dealkylation sites (tertiary alicyclic amines) is 1. The number of anilines is 1. The van der Waals surface area contributed by atoms with Crippen LogP contribution in [0.1, 0.15) is 52.0 Å². The number of aromatic nitrogens is 1. The maximum atomic E-state index is 12.2. The van der Waals surface area contributed by atoms with E-state index in [1.54, 1.807) is 17.2 Å². The SMILES string of the molecule is CC(C)(C)OC(=O)N1CC[C@@H](Nc2ccc(C=CC(=O)NOC3CCCCO3)cn2)C1. The highest BCUT2D eigenvalue weighted by molar-refractivity contribution is 5.90. The van der Waals surface area contributed by atoms with E-state index in [4.69, 9.17) is 14.3 Å². The molecule has 170 valence electrons. The van der Waals surface area contributed by atoms with Gasteiger partial charge < -0.3 is 19.7 Å². The van der Waals surface area contributed by atoms with Gasteiger partial charge in [0.1, 0.15) is 11.4 Å². The third-order valence-corrected chi connectivity index (χ3v) is 4.83. The van der Waals surface area contributed by atoms with Crippen molar-refractivity contribution in [2.24, 2.45) is 0 Å². The van der Waals surface area contributed by atoms with E-state index in [0.29, 0.717) is 19.7 Å². The Morgan fingerprint density at radius 2 is 2.10 bits per heavy atom. The second-order valence-electron chi connectivity index (χ2n) is 8.75. The number of rotatable bonds is 6. The predicted molar refractivity (Wildman–Crippen MR) is 116 cm³/mol. The van der Waals surface area contributed by atoms with E-state index in [-0.39, 0.29) is 24.3 Å². The van der Waals surface area contributed by atoms with Gasteiger partial charge in [0.15, 0.2) is 6.29 Å². The second-order valence-corrected chi connectivity index (χ2v) is 8.75. The summed E-state index contributed by atoms with van der Waals surface area (Å²) >= 11 is 0. The van der Waals surface area contributed by atoms with Crippen molar-refractivity contribution in [3.8, 4) is 0 Å². The first-order chi connectivity index (χ1) is 14.8. The Kier molecular flexibility index (Phi) is 7.86. The molecule has 2 amide bonds. The van der Waals surface area contributed by atoms with E-state index in [1.807, 2.05) is 32.9 Å². The molecule has 1 unspecified atom stereocenters. The highest BCUT2D eigenvalue weighted by Gasteiger charge is 2.29. The minimum absolute atomic E-state index is 0.117. The Labute approximate surface area is 183 Å². The molecule has 2 aliphatic rings. The zero-order chi connectivity index (χ0) is 22.3. The molecule has 2 fully saturated rings. The van der Waals surface area contributed by atoms with Crippen molar-refractivity contribution >= 4 is 23.9 Å². The highest BCUT2D eigenvalue weighted by atomic mass is 16.8. The smallest absolute Gasteiger partial charge is 0.410 e. The molecule has 0 bridgehead atoms. The van der Waals surface area contributed by atoms with Gasteiger partial charge in [-0.3, -0.25) is 4.79 Å². The van der Waals surface area contributed by atoms with Crippen LogP contribution in [0.15, 0.2) is 24.4 Å². The van der Waals surface area contributed by atoms with Crippen molar-refractivity contribution in [1.82, 2.24) is 15.4 Å². The zero-order valence-electron chi connectivity index (χ0n) is 18.4. The second kappa shape index (κ2) is 10.6. The van der Waals surface area contributed by atoms with Crippen LogP contribution in [0.25, 0.3) is 6.08 Å². The lowest BCUT2D eigenvalue weighted by Crippen LogP contribution is -2.36. The van der Waals surface area contributed by atoms with Crippen LogP contribution >= 0.6 is 0 Å². The Balaban J connectivity index is 1.41. The predicted octanol–water partition coefficient (Wildman–Crippen LogP) is 3.09. The Hall–Kier alpha value is -2.65. The minimum Gasteiger partial charge on any atom is -0.444 e. The molecule has 0 radical (unpaired) electrons. The topological polar surface area (TPSA) is 102 Å². The van der Waals surface area contributed by atoms with Crippen molar-refractivity contribution < 1.29 is 23.9 Å². The first-order valence-corrected chi connectivity index (χ1v) is 10.7. The summed E-state index contributed by atoms with van der Waals surface area (Å²) in [6, 6.07) is 3.83. The lowest BCUT2D eigenvalue weighted by atomic mass is 10.2. The van der Waals surface area contributed by atoms with Crippen LogP contribution in [0.5, 0.6) is 0 Å². The summed E-state index contributed by atoms with van der Waals surface area (Å²) < 4.78 is 10.8. The molecule has 3 heterocycles. The Morgan fingerprint density at radius 1 is 1.26 bits per heavy atom. The quantitative estimate of drug-likeness (QED) is 0.526. The van der Waals surface area contributed by atoms with E-state index in [2.05, 4.69) is 15.8 Å². The van der Waals surface area contributed by atoms with Crippen LogP contribution in [0.4, 0.5) is 10.6 Å². The van der Waals surface area contributed by atoms with Gasteiger partial charge in [0.2, 0.25) is 0 Å². The maximum Gasteiger partial charge on any atom is 0.410 e. The first kappa shape index (κ1) is 23.0. The van der Waals surface area contributed by atoms with Crippen LogP contribution < -0.4 is 10.8 Å². The van der Waals surface area contributed by atoms with Gasteiger partial charge in [0, 0.05) is 44.4 Å². The summed E-state index contributed by atoms with van der Waals surface area (Å²) in [7, 11) is 0. The summed E-state index contributed by atoms with van der Waals surface area (Å²) in [6.07, 6.45) is 7.72. The number of ether oxygens (including phenoxy) is 2. The van der Waals surface area contributed by atoms with Gasteiger partial charge >= 0.3 is 6.09 Å². The Bertz CT molecular complexity index is 769. The van der Waals surface area contributed by atoms with Gasteiger partial charge in [0.25, 0.3) is 5.91 Å². The fourth-order valence-electron chi connectivity index (χ4n) is 3.30. The maximum absolute atomic E-state index is 12.2. The lowest BCUT2D eigenvalue weighted by Gasteiger charge is -2.24. The molecule has 9 heteroatoms. The van der Waals surface area contributed by atoms with Crippen molar-refractivity contribution in [2.45, 2.75) is 64.4 Å². The van der Waals surface area contributed by atoms with Crippen LogP contribution in [0.2, 0.25) is 0 Å². The van der Waals surface area contributed by atoms with E-state index in [1.165, 1.54) is 6.08 Å². The molecular weight excluding hydrogens is 400 g/mol. The molecule has 9 nitrogen and oxygen atoms in total. The van der Waals surface area contributed by atoms with Crippen molar-refractivity contribution in [1.29, 1.82) is 0 Å². The molecule has 0 aliphatic carbocycles. The molecule has 2 aliphatic heterocycles. The number of amides is 2. The molecule has 1 aromatic rings. The molecule has 0 aromatic carbocycles. The standard InChI is InChI=1S/C22H32N4O5/c1-22(2,3)30-21(28)26-12-11-17(15-26)24-18-9-7-16(14-23-18)8-10-19(27)25-31-20-6-4-5-13-29-20/h7-10,14,17,20H,4-6,11-13,15H2,1-3H3,(H,23,24)(H,25,27)/t17-,20?/m1/s1. The van der Waals surface area contributed by atoms with Gasteiger partial charge in [-0.25, -0.2) is 20.1 Å². The molecule has 0 saturated carbocycles. The summed E-state index contributed by atoms with van der Waals surface area (Å²) in [4.78, 5) is 35.4. The number of pyridine rings is 1. The van der Waals surface area contributed by atoms with Crippen molar-refractivity contribution in [3.05, 3.63) is 30.0 Å². The third-order valence-electron chi connectivity index (χ3n) is 4.83. The van der Waals surface area contributed by atoms with Crippen molar-refractivity contribution in [2.75, 3.05) is 25.0 Å². The number of hydroxylamine groups is 1. The minimum atomic E-state index is -0.500. The number of carbonyl (C=O) groups is 2. The average Bonchev–Trinajstić information content (AvgIpc) is 3.20. The van der Waals surface area contributed by atoms with E-state index < -0.39 is 5.60 Å². The van der Waals surface area contributed by atoms with Gasteiger partial charge in [-0.1, -0.05) is 0 Å². The molecule has 3 rings (SSSR count). The molecule has 1 aromatic heterocycles. The summed E-state index contributed by atoms with van der Waals surface area (Å²) in [6.45, 7) is 7.46. The molecule has 2 atom stereocenters. The van der Waals surface area contributed by atoms with Gasteiger partial charge in [-0.05, 0) is 63.8 Å². The largest absolute Gasteiger partial charge is 0.444 e. The first-order valence-electron chi connectivity index (χ1n) is 10.7. The molecule has 2 saturated heterocycles. The van der Waals surface area contributed by atoms with E-state index in [0.717, 1.165) is 37.1 Å². The van der Waals surface area contributed by atoms with Crippen LogP contribution in [-0.2, 0) is 19.1 Å². The number of hydrogen-bond donors (Lipinski definition) is 2. The monoisotopic (exact) mass is 432 g/mol. The van der Waals surface area contributed by atoms with Gasteiger partial charge in [-0.15, -0.1) is 0 Å². The molecule has 0 spiro atoms. The summed E-state index contributed by atoms with van der Waals surface area (Å²) in [5.41, 5.74) is 2.67. The van der Waals surface area contributed by atoms with E-state index >= 15 is 0 Å². The number of carbonyl (C=O) groups excluding carboxylic acids is 2. The zero-order valence-corrected chi connectivity index (χ0v) is 18.4. The van der Waals surface area contributed by atoms with Crippen LogP contribution in [0.3, 0.4) is 0 Å². The van der Waals surface area contributed by atoms with Gasteiger partial charge in [-0.2, -0.15) is 0 Å². The average molecular weight is 433 g/mol. The number of nitrogens with zero attached hydrogens (tertiary/aromatic N) is 2.